The molecule has 2 N–H and O–H groups in total. The van der Waals surface area contributed by atoms with Gasteiger partial charge in [0.25, 0.3) is 0 Å². The summed E-state index contributed by atoms with van der Waals surface area (Å²) in [6.07, 6.45) is 0.994. The average Bonchev–Trinajstić information content (AvgIpc) is 2.82. The van der Waals surface area contributed by atoms with Gasteiger partial charge in [-0.3, -0.25) is 0 Å². The van der Waals surface area contributed by atoms with E-state index in [1.165, 1.54) is 0 Å². The Hall–Kier alpha value is -2.02. The second-order valence-corrected chi connectivity index (χ2v) is 3.93. The zero-order valence-corrected chi connectivity index (χ0v) is 10.4. The molecule has 1 aromatic heterocycles. The van der Waals surface area contributed by atoms with Crippen molar-refractivity contribution < 1.29 is 13.2 Å². The number of aromatic nitrogens is 2. The van der Waals surface area contributed by atoms with Gasteiger partial charge in [-0.15, -0.1) is 5.10 Å². The highest BCUT2D eigenvalue weighted by molar-refractivity contribution is 5.52. The summed E-state index contributed by atoms with van der Waals surface area (Å²) in [6, 6.07) is 3.11. The summed E-state index contributed by atoms with van der Waals surface area (Å²) in [5.74, 6) is -0.758. The van der Waals surface area contributed by atoms with Crippen LogP contribution in [0.1, 0.15) is 19.2 Å². The minimum Gasteiger partial charge on any atom is -0.406 e. The van der Waals surface area contributed by atoms with Gasteiger partial charge in [0.15, 0.2) is 0 Å². The van der Waals surface area contributed by atoms with Gasteiger partial charge in [0.2, 0.25) is 5.89 Å². The molecule has 0 unspecified atom stereocenters. The molecule has 1 heterocycles. The van der Waals surface area contributed by atoms with Crippen molar-refractivity contribution >= 4 is 11.7 Å². The molecule has 0 bridgehead atoms. The highest BCUT2D eigenvalue weighted by Gasteiger charge is 2.09. The van der Waals surface area contributed by atoms with Gasteiger partial charge in [0.05, 0.1) is 12.2 Å². The van der Waals surface area contributed by atoms with Crippen LogP contribution >= 0.6 is 0 Å². The minimum atomic E-state index is -0.592. The molecule has 0 saturated carbocycles. The third-order valence-electron chi connectivity index (χ3n) is 2.34. The van der Waals surface area contributed by atoms with Gasteiger partial charge in [0, 0.05) is 6.07 Å². The Morgan fingerprint density at radius 2 is 2.11 bits per heavy atom. The number of nitrogens with zero attached hydrogens (tertiary/aromatic N) is 2. The van der Waals surface area contributed by atoms with Gasteiger partial charge in [-0.1, -0.05) is 12.0 Å². The van der Waals surface area contributed by atoms with Gasteiger partial charge in [-0.05, 0) is 25.1 Å². The van der Waals surface area contributed by atoms with Crippen LogP contribution in [0.15, 0.2) is 22.6 Å². The molecule has 1 aromatic carbocycles. The number of rotatable bonds is 6. The summed E-state index contributed by atoms with van der Waals surface area (Å²) in [4.78, 5) is 0. The molecule has 5 nitrogen and oxygen atoms in total. The maximum atomic E-state index is 13.4. The van der Waals surface area contributed by atoms with Crippen molar-refractivity contribution in [2.75, 3.05) is 11.9 Å². The Kier molecular flexibility index (Phi) is 4.40. The molecule has 0 atom stereocenters. The van der Waals surface area contributed by atoms with Crippen molar-refractivity contribution in [2.24, 2.45) is 0 Å². The van der Waals surface area contributed by atoms with Gasteiger partial charge in [0.1, 0.15) is 11.6 Å². The van der Waals surface area contributed by atoms with Crippen LogP contribution in [0, 0.1) is 11.6 Å². The minimum absolute atomic E-state index is 0.0257. The van der Waals surface area contributed by atoms with Crippen molar-refractivity contribution in [3.8, 4) is 0 Å². The van der Waals surface area contributed by atoms with Crippen molar-refractivity contribution in [2.45, 2.75) is 19.9 Å². The molecular weight excluding hydrogens is 254 g/mol. The number of nitrogens with one attached hydrogen (secondary N) is 2. The first-order valence-corrected chi connectivity index (χ1v) is 5.94. The number of benzene rings is 1. The summed E-state index contributed by atoms with van der Waals surface area (Å²) in [5.41, 5.74) is -0.0447. The third-order valence-corrected chi connectivity index (χ3v) is 2.34. The predicted molar refractivity (Wildman–Crippen MR) is 65.9 cm³/mol. The van der Waals surface area contributed by atoms with Crippen LogP contribution in [-0.2, 0) is 6.54 Å². The van der Waals surface area contributed by atoms with E-state index >= 15 is 0 Å². The summed E-state index contributed by atoms with van der Waals surface area (Å²) < 4.78 is 31.6. The van der Waals surface area contributed by atoms with Gasteiger partial charge >= 0.3 is 6.01 Å². The van der Waals surface area contributed by atoms with Crippen molar-refractivity contribution in [3.63, 3.8) is 0 Å². The summed E-state index contributed by atoms with van der Waals surface area (Å²) in [6.45, 7) is 3.32. The zero-order chi connectivity index (χ0) is 13.7. The van der Waals surface area contributed by atoms with E-state index in [4.69, 9.17) is 4.42 Å². The van der Waals surface area contributed by atoms with Crippen LogP contribution < -0.4 is 10.6 Å². The van der Waals surface area contributed by atoms with Crippen molar-refractivity contribution in [1.82, 2.24) is 15.5 Å². The first-order chi connectivity index (χ1) is 9.19. The van der Waals surface area contributed by atoms with Crippen LogP contribution in [-0.4, -0.2) is 16.7 Å². The van der Waals surface area contributed by atoms with Gasteiger partial charge < -0.3 is 15.1 Å². The van der Waals surface area contributed by atoms with E-state index in [1.54, 1.807) is 0 Å². The quantitative estimate of drug-likeness (QED) is 0.788. The smallest absolute Gasteiger partial charge is 0.320 e. The fraction of sp³-hybridized carbons (Fsp3) is 0.333. The normalized spacial score (nSPS) is 10.7. The van der Waals surface area contributed by atoms with E-state index in [0.29, 0.717) is 12.4 Å². The maximum Gasteiger partial charge on any atom is 0.320 e. The number of hydrogen-bond donors (Lipinski definition) is 2. The third kappa shape index (κ3) is 3.72. The lowest BCUT2D eigenvalue weighted by molar-refractivity contribution is 0.479. The number of hydrogen-bond acceptors (Lipinski definition) is 5. The van der Waals surface area contributed by atoms with E-state index in [1.807, 2.05) is 6.92 Å². The lowest BCUT2D eigenvalue weighted by atomic mass is 10.3. The maximum absolute atomic E-state index is 13.4. The lowest BCUT2D eigenvalue weighted by Crippen LogP contribution is -2.13. The molecule has 102 valence electrons. The van der Waals surface area contributed by atoms with Crippen LogP contribution in [0.25, 0.3) is 0 Å². The number of halogens is 2. The first-order valence-electron chi connectivity index (χ1n) is 5.94. The number of anilines is 2. The van der Waals surface area contributed by atoms with Crippen LogP contribution in [0.4, 0.5) is 20.5 Å². The van der Waals surface area contributed by atoms with Crippen LogP contribution in [0.3, 0.4) is 0 Å². The van der Waals surface area contributed by atoms with Crippen molar-refractivity contribution in [3.05, 3.63) is 35.7 Å². The van der Waals surface area contributed by atoms with Gasteiger partial charge in [-0.2, -0.15) is 0 Å². The largest absolute Gasteiger partial charge is 0.406 e. The second kappa shape index (κ2) is 6.24. The summed E-state index contributed by atoms with van der Waals surface area (Å²) in [7, 11) is 0. The topological polar surface area (TPSA) is 63.0 Å². The molecule has 0 fully saturated rings. The average molecular weight is 268 g/mol. The summed E-state index contributed by atoms with van der Waals surface area (Å²) >= 11 is 0. The van der Waals surface area contributed by atoms with Crippen LogP contribution in [0.2, 0.25) is 0 Å². The Labute approximate surface area is 109 Å². The van der Waals surface area contributed by atoms with Crippen molar-refractivity contribution in [1.29, 1.82) is 0 Å². The van der Waals surface area contributed by atoms with Gasteiger partial charge in [-0.25, -0.2) is 8.78 Å². The first kappa shape index (κ1) is 13.4. The molecule has 0 radical (unpaired) electrons. The molecule has 0 aliphatic carbocycles. The molecule has 0 aliphatic heterocycles. The molecular formula is C12H14F2N4O. The van der Waals surface area contributed by atoms with Crippen LogP contribution in [0.5, 0.6) is 0 Å². The summed E-state index contributed by atoms with van der Waals surface area (Å²) in [5, 5.41) is 13.1. The lowest BCUT2D eigenvalue weighted by Gasteiger charge is -2.02. The molecule has 7 heteroatoms. The highest BCUT2D eigenvalue weighted by Crippen LogP contribution is 2.19. The van der Waals surface area contributed by atoms with E-state index in [2.05, 4.69) is 20.8 Å². The second-order valence-electron chi connectivity index (χ2n) is 3.93. The molecule has 0 saturated heterocycles. The Morgan fingerprint density at radius 1 is 1.26 bits per heavy atom. The van der Waals surface area contributed by atoms with E-state index in [-0.39, 0.29) is 11.7 Å². The monoisotopic (exact) mass is 268 g/mol. The fourth-order valence-electron chi connectivity index (χ4n) is 1.46. The predicted octanol–water partition coefficient (Wildman–Crippen LogP) is 2.59. The highest BCUT2D eigenvalue weighted by atomic mass is 19.1. The zero-order valence-electron chi connectivity index (χ0n) is 10.4. The van der Waals surface area contributed by atoms with E-state index < -0.39 is 11.6 Å². The molecule has 19 heavy (non-hydrogen) atoms. The van der Waals surface area contributed by atoms with E-state index in [0.717, 1.165) is 31.2 Å². The molecule has 0 spiro atoms. The molecule has 0 aliphatic rings. The molecule has 2 aromatic rings. The Bertz CT molecular complexity index is 544. The van der Waals surface area contributed by atoms with E-state index in [9.17, 15) is 8.78 Å². The SMILES string of the molecule is CCCNCc1nnc(Nc2cc(F)ccc2F)o1. The molecule has 2 rings (SSSR count). The Balaban J connectivity index is 2.01. The fourth-order valence-corrected chi connectivity index (χ4v) is 1.46. The standard InChI is InChI=1S/C12H14F2N4O/c1-2-5-15-7-11-17-18-12(19-11)16-10-6-8(13)3-4-9(10)14/h3-4,6,15H,2,5,7H2,1H3,(H,16,18). The molecule has 0 amide bonds. The Morgan fingerprint density at radius 3 is 2.89 bits per heavy atom.